The molecular weight excluding hydrogens is 338 g/mol. The number of anilines is 2. The molecule has 0 radical (unpaired) electrons. The summed E-state index contributed by atoms with van der Waals surface area (Å²) >= 11 is 0. The van der Waals surface area contributed by atoms with Crippen molar-refractivity contribution < 1.29 is 13.2 Å². The van der Waals surface area contributed by atoms with Gasteiger partial charge in [-0.25, -0.2) is 13.2 Å². The summed E-state index contributed by atoms with van der Waals surface area (Å²) in [6.07, 6.45) is 0. The number of rotatable bonds is 4. The first-order chi connectivity index (χ1) is 11.6. The molecule has 2 rings (SSSR count). The summed E-state index contributed by atoms with van der Waals surface area (Å²) in [5.74, 6) is 0. The van der Waals surface area contributed by atoms with E-state index in [9.17, 15) is 13.2 Å². The molecule has 0 saturated heterocycles. The van der Waals surface area contributed by atoms with E-state index < -0.39 is 16.1 Å². The van der Waals surface area contributed by atoms with Crippen molar-refractivity contribution in [2.75, 3.05) is 16.7 Å². The van der Waals surface area contributed by atoms with E-state index in [2.05, 4.69) is 10.6 Å². The molecule has 0 saturated carbocycles. The number of carbonyl (C=O) groups excluding carboxylic acids is 1. The minimum Gasteiger partial charge on any atom is -0.333 e. The highest BCUT2D eigenvalue weighted by molar-refractivity contribution is 7.92. The number of hydrogen-bond acceptors (Lipinski definition) is 3. The largest absolute Gasteiger partial charge is 0.333 e. The lowest BCUT2D eigenvalue weighted by Crippen LogP contribution is -2.43. The van der Waals surface area contributed by atoms with Crippen molar-refractivity contribution in [2.24, 2.45) is 0 Å². The highest BCUT2D eigenvalue weighted by Crippen LogP contribution is 2.23. The molecule has 134 valence electrons. The van der Waals surface area contributed by atoms with Crippen molar-refractivity contribution in [1.82, 2.24) is 5.32 Å². The van der Waals surface area contributed by atoms with E-state index in [1.807, 2.05) is 26.8 Å². The molecule has 0 unspecified atom stereocenters. The Morgan fingerprint density at radius 2 is 1.64 bits per heavy atom. The third kappa shape index (κ3) is 4.96. The summed E-state index contributed by atoms with van der Waals surface area (Å²) in [4.78, 5) is 12.1. The van der Waals surface area contributed by atoms with Crippen molar-refractivity contribution in [2.45, 2.75) is 31.2 Å². The lowest BCUT2D eigenvalue weighted by Gasteiger charge is -2.21. The predicted molar refractivity (Wildman–Crippen MR) is 100 cm³/mol. The van der Waals surface area contributed by atoms with Gasteiger partial charge >= 0.3 is 6.03 Å². The fourth-order valence-corrected chi connectivity index (χ4v) is 3.41. The molecule has 25 heavy (non-hydrogen) atoms. The molecule has 2 aromatic carbocycles. The Morgan fingerprint density at radius 1 is 1.00 bits per heavy atom. The Hall–Kier alpha value is -2.54. The Bertz CT molecular complexity index is 843. The van der Waals surface area contributed by atoms with Crippen LogP contribution in [-0.2, 0) is 10.0 Å². The van der Waals surface area contributed by atoms with Crippen LogP contribution in [0.5, 0.6) is 0 Å². The summed E-state index contributed by atoms with van der Waals surface area (Å²) in [5.41, 5.74) is 0.581. The third-order valence-electron chi connectivity index (χ3n) is 3.36. The van der Waals surface area contributed by atoms with Gasteiger partial charge in [-0.15, -0.1) is 0 Å². The van der Waals surface area contributed by atoms with Crippen LogP contribution in [-0.4, -0.2) is 27.0 Å². The van der Waals surface area contributed by atoms with Crippen molar-refractivity contribution in [3.63, 3.8) is 0 Å². The second kappa shape index (κ2) is 7.14. The lowest BCUT2D eigenvalue weighted by molar-refractivity contribution is 0.244. The maximum absolute atomic E-state index is 12.8. The molecule has 0 atom stereocenters. The molecule has 0 heterocycles. The van der Waals surface area contributed by atoms with Gasteiger partial charge in [-0.2, -0.15) is 0 Å². The van der Waals surface area contributed by atoms with Gasteiger partial charge in [0.15, 0.2) is 0 Å². The molecule has 2 amide bonds. The highest BCUT2D eigenvalue weighted by atomic mass is 32.2. The fraction of sp³-hybridized carbons (Fsp3) is 0.278. The zero-order chi connectivity index (χ0) is 18.7. The van der Waals surface area contributed by atoms with Crippen LogP contribution in [0.1, 0.15) is 20.8 Å². The predicted octanol–water partition coefficient (Wildman–Crippen LogP) is 3.43. The number of amides is 2. The number of hydrogen-bond donors (Lipinski definition) is 2. The monoisotopic (exact) mass is 361 g/mol. The molecule has 0 spiro atoms. The summed E-state index contributed by atoms with van der Waals surface area (Å²) in [6.45, 7) is 5.59. The quantitative estimate of drug-likeness (QED) is 0.876. The van der Waals surface area contributed by atoms with Crippen molar-refractivity contribution in [3.8, 4) is 0 Å². The molecule has 7 heteroatoms. The van der Waals surface area contributed by atoms with E-state index >= 15 is 0 Å². The van der Waals surface area contributed by atoms with Crippen molar-refractivity contribution in [3.05, 3.63) is 54.6 Å². The van der Waals surface area contributed by atoms with E-state index in [1.165, 1.54) is 23.5 Å². The Balaban J connectivity index is 2.24. The summed E-state index contributed by atoms with van der Waals surface area (Å²) < 4.78 is 26.8. The topological polar surface area (TPSA) is 78.5 Å². The van der Waals surface area contributed by atoms with E-state index in [0.29, 0.717) is 11.4 Å². The number of carbonyl (C=O) groups is 1. The first-order valence-corrected chi connectivity index (χ1v) is 9.27. The van der Waals surface area contributed by atoms with Crippen LogP contribution in [0.4, 0.5) is 16.2 Å². The van der Waals surface area contributed by atoms with Gasteiger partial charge in [0.05, 0.1) is 10.6 Å². The molecule has 0 aromatic heterocycles. The molecule has 0 fully saturated rings. The SMILES string of the molecule is CN(c1ccccc1)S(=O)(=O)c1cccc(NC(=O)NC(C)(C)C)c1. The van der Waals surface area contributed by atoms with Crippen LogP contribution in [0.25, 0.3) is 0 Å². The van der Waals surface area contributed by atoms with Gasteiger partial charge in [0.1, 0.15) is 0 Å². The second-order valence-corrected chi connectivity index (χ2v) is 8.63. The molecule has 2 aromatic rings. The zero-order valence-electron chi connectivity index (χ0n) is 14.8. The van der Waals surface area contributed by atoms with E-state index in [1.54, 1.807) is 36.4 Å². The molecule has 0 aliphatic heterocycles. The number of nitrogens with one attached hydrogen (secondary N) is 2. The Morgan fingerprint density at radius 3 is 2.24 bits per heavy atom. The van der Waals surface area contributed by atoms with Crippen LogP contribution in [0.15, 0.2) is 59.5 Å². The number of sulfonamides is 1. The van der Waals surface area contributed by atoms with Gasteiger partial charge in [-0.05, 0) is 51.1 Å². The van der Waals surface area contributed by atoms with Gasteiger partial charge in [-0.1, -0.05) is 24.3 Å². The van der Waals surface area contributed by atoms with Crippen LogP contribution in [0.2, 0.25) is 0 Å². The first kappa shape index (κ1) is 18.8. The van der Waals surface area contributed by atoms with E-state index in [0.717, 1.165) is 0 Å². The van der Waals surface area contributed by atoms with Crippen LogP contribution < -0.4 is 14.9 Å². The first-order valence-electron chi connectivity index (χ1n) is 7.83. The smallest absolute Gasteiger partial charge is 0.319 e. The van der Waals surface area contributed by atoms with Gasteiger partial charge in [0.25, 0.3) is 10.0 Å². The van der Waals surface area contributed by atoms with Gasteiger partial charge < -0.3 is 10.6 Å². The van der Waals surface area contributed by atoms with Gasteiger partial charge in [0, 0.05) is 18.3 Å². The van der Waals surface area contributed by atoms with Crippen molar-refractivity contribution in [1.29, 1.82) is 0 Å². The molecule has 6 nitrogen and oxygen atoms in total. The summed E-state index contributed by atoms with van der Waals surface area (Å²) in [7, 11) is -2.23. The summed E-state index contributed by atoms with van der Waals surface area (Å²) in [5, 5.41) is 5.42. The number of para-hydroxylation sites is 1. The maximum atomic E-state index is 12.8. The van der Waals surface area contributed by atoms with Crippen LogP contribution in [0.3, 0.4) is 0 Å². The Kier molecular flexibility index (Phi) is 5.37. The van der Waals surface area contributed by atoms with Crippen LogP contribution in [0, 0.1) is 0 Å². The second-order valence-electron chi connectivity index (χ2n) is 6.67. The molecule has 0 bridgehead atoms. The number of nitrogens with zero attached hydrogens (tertiary/aromatic N) is 1. The number of urea groups is 1. The molecular formula is C18H23N3O3S. The van der Waals surface area contributed by atoms with Crippen LogP contribution >= 0.6 is 0 Å². The molecule has 2 N–H and O–H groups in total. The minimum absolute atomic E-state index is 0.104. The normalized spacial score (nSPS) is 11.7. The summed E-state index contributed by atoms with van der Waals surface area (Å²) in [6, 6.07) is 14.6. The standard InChI is InChI=1S/C18H23N3O3S/c1-18(2,3)20-17(22)19-14-9-8-12-16(13-14)25(23,24)21(4)15-10-6-5-7-11-15/h5-13H,1-4H3,(H2,19,20,22). The average Bonchev–Trinajstić information content (AvgIpc) is 2.53. The van der Waals surface area contributed by atoms with E-state index in [-0.39, 0.29) is 10.4 Å². The maximum Gasteiger partial charge on any atom is 0.319 e. The van der Waals surface area contributed by atoms with Gasteiger partial charge in [-0.3, -0.25) is 4.31 Å². The van der Waals surface area contributed by atoms with E-state index in [4.69, 9.17) is 0 Å². The lowest BCUT2D eigenvalue weighted by atomic mass is 10.1. The molecule has 0 aliphatic rings. The fourth-order valence-electron chi connectivity index (χ4n) is 2.17. The average molecular weight is 361 g/mol. The van der Waals surface area contributed by atoms with Crippen molar-refractivity contribution >= 4 is 27.4 Å². The highest BCUT2D eigenvalue weighted by Gasteiger charge is 2.22. The minimum atomic E-state index is -3.72. The Labute approximate surface area is 148 Å². The third-order valence-corrected chi connectivity index (χ3v) is 5.14. The number of benzene rings is 2. The zero-order valence-corrected chi connectivity index (χ0v) is 15.6. The molecule has 0 aliphatic carbocycles. The van der Waals surface area contributed by atoms with Gasteiger partial charge in [0.2, 0.25) is 0 Å².